The van der Waals surface area contributed by atoms with Gasteiger partial charge in [-0.2, -0.15) is 12.6 Å². The molecule has 1 aliphatic heterocycles. The molecule has 29 heavy (non-hydrogen) atoms. The molecule has 1 aromatic carbocycles. The second kappa shape index (κ2) is 10.6. The van der Waals surface area contributed by atoms with Crippen molar-refractivity contribution in [3.63, 3.8) is 0 Å². The van der Waals surface area contributed by atoms with E-state index in [-0.39, 0.29) is 47.6 Å². The number of aromatic nitrogens is 1. The van der Waals surface area contributed by atoms with Gasteiger partial charge in [0.05, 0.1) is 6.04 Å². The SMILES string of the molecule is Cl.Cl.O=C(C1CC1)C(c1ccccc1F)N1CCC(S)C(=Cc2cccnc2)C1. The van der Waals surface area contributed by atoms with E-state index in [0.717, 1.165) is 36.9 Å². The van der Waals surface area contributed by atoms with Crippen molar-refractivity contribution in [1.29, 1.82) is 0 Å². The molecule has 1 saturated heterocycles. The molecule has 156 valence electrons. The van der Waals surface area contributed by atoms with Crippen LogP contribution in [0.15, 0.2) is 54.4 Å². The molecule has 0 N–H and O–H groups in total. The van der Waals surface area contributed by atoms with E-state index in [4.69, 9.17) is 12.6 Å². The Morgan fingerprint density at radius 2 is 1.93 bits per heavy atom. The summed E-state index contributed by atoms with van der Waals surface area (Å²) in [5.74, 6) is -0.0742. The van der Waals surface area contributed by atoms with Crippen LogP contribution in [0.4, 0.5) is 4.39 Å². The number of rotatable bonds is 5. The lowest BCUT2D eigenvalue weighted by Gasteiger charge is -2.37. The Morgan fingerprint density at radius 3 is 2.59 bits per heavy atom. The largest absolute Gasteiger partial charge is 0.297 e. The van der Waals surface area contributed by atoms with Gasteiger partial charge < -0.3 is 0 Å². The van der Waals surface area contributed by atoms with Crippen molar-refractivity contribution in [3.05, 3.63) is 71.3 Å². The number of thiol groups is 1. The topological polar surface area (TPSA) is 33.2 Å². The standard InChI is InChI=1S/C22H23FN2OS.2ClH/c23-19-6-2-1-5-18(19)21(22(26)16-7-8-16)25-11-9-20(27)17(14-25)12-15-4-3-10-24-13-15;;/h1-6,10,12-13,16,20-21,27H,7-9,11,14H2;2*1H. The van der Waals surface area contributed by atoms with Gasteiger partial charge >= 0.3 is 0 Å². The molecule has 3 nitrogen and oxygen atoms in total. The summed E-state index contributed by atoms with van der Waals surface area (Å²) >= 11 is 4.73. The van der Waals surface area contributed by atoms with Gasteiger partial charge in [-0.05, 0) is 42.5 Å². The predicted molar refractivity (Wildman–Crippen MR) is 123 cm³/mol. The molecule has 2 atom stereocenters. The maximum atomic E-state index is 14.5. The Bertz CT molecular complexity index is 861. The van der Waals surface area contributed by atoms with E-state index >= 15 is 0 Å². The summed E-state index contributed by atoms with van der Waals surface area (Å²) in [5, 5.41) is 0.138. The van der Waals surface area contributed by atoms with Gasteiger partial charge in [0, 0.05) is 42.2 Å². The summed E-state index contributed by atoms with van der Waals surface area (Å²) in [6, 6.07) is 10.1. The summed E-state index contributed by atoms with van der Waals surface area (Å²) in [6.07, 6.45) is 8.33. The quantitative estimate of drug-likeness (QED) is 0.632. The molecule has 0 radical (unpaired) electrons. The maximum Gasteiger partial charge on any atom is 0.157 e. The van der Waals surface area contributed by atoms with Crippen LogP contribution in [0.3, 0.4) is 0 Å². The first-order valence-electron chi connectivity index (χ1n) is 9.44. The van der Waals surface area contributed by atoms with Crippen molar-refractivity contribution in [2.24, 2.45) is 5.92 Å². The normalized spacial score (nSPS) is 21.7. The van der Waals surface area contributed by atoms with Crippen LogP contribution in [-0.4, -0.2) is 34.0 Å². The number of ketones is 1. The Hall–Kier alpha value is -1.40. The number of halogens is 3. The number of hydrogen-bond acceptors (Lipinski definition) is 4. The van der Waals surface area contributed by atoms with Crippen molar-refractivity contribution < 1.29 is 9.18 Å². The summed E-state index contributed by atoms with van der Waals surface area (Å²) < 4.78 is 14.5. The Kier molecular flexibility index (Phi) is 8.71. The van der Waals surface area contributed by atoms with Gasteiger partial charge in [0.2, 0.25) is 0 Å². The van der Waals surface area contributed by atoms with Crippen molar-refractivity contribution in [2.45, 2.75) is 30.6 Å². The number of Topliss-reactive ketones (excluding diaryl/α,β-unsaturated/α-hetero) is 1. The van der Waals surface area contributed by atoms with Gasteiger partial charge in [-0.15, -0.1) is 24.8 Å². The fourth-order valence-corrected chi connectivity index (χ4v) is 4.02. The highest BCUT2D eigenvalue weighted by molar-refractivity contribution is 7.81. The molecule has 4 rings (SSSR count). The third-order valence-corrected chi connectivity index (χ3v) is 5.94. The number of piperidine rings is 1. The lowest BCUT2D eigenvalue weighted by Crippen LogP contribution is -2.42. The highest BCUT2D eigenvalue weighted by atomic mass is 35.5. The fraction of sp³-hybridized carbons (Fsp3) is 0.364. The van der Waals surface area contributed by atoms with Gasteiger partial charge in [-0.3, -0.25) is 14.7 Å². The number of benzene rings is 1. The lowest BCUT2D eigenvalue weighted by molar-refractivity contribution is -0.126. The van der Waals surface area contributed by atoms with E-state index in [1.54, 1.807) is 18.3 Å². The first kappa shape index (κ1) is 23.9. The number of hydrogen-bond donors (Lipinski definition) is 1. The van der Waals surface area contributed by atoms with Gasteiger partial charge in [0.15, 0.2) is 5.78 Å². The average molecular weight is 455 g/mol. The molecule has 2 heterocycles. The lowest BCUT2D eigenvalue weighted by atomic mass is 9.93. The molecular formula is C22H25Cl2FN2OS. The van der Waals surface area contributed by atoms with Crippen molar-refractivity contribution in [3.8, 4) is 0 Å². The zero-order valence-corrected chi connectivity index (χ0v) is 18.4. The summed E-state index contributed by atoms with van der Waals surface area (Å²) in [5.41, 5.74) is 2.65. The molecule has 2 fully saturated rings. The second-order valence-electron chi connectivity index (χ2n) is 7.38. The van der Waals surface area contributed by atoms with Gasteiger partial charge in [0.1, 0.15) is 5.82 Å². The average Bonchev–Trinajstić information content (AvgIpc) is 3.52. The second-order valence-corrected chi connectivity index (χ2v) is 8.00. The monoisotopic (exact) mass is 454 g/mol. The summed E-state index contributed by atoms with van der Waals surface area (Å²) in [4.78, 5) is 19.3. The van der Waals surface area contributed by atoms with E-state index in [1.165, 1.54) is 6.07 Å². The molecule has 2 unspecified atom stereocenters. The van der Waals surface area contributed by atoms with Crippen LogP contribution in [0.2, 0.25) is 0 Å². The summed E-state index contributed by atoms with van der Waals surface area (Å²) in [7, 11) is 0. The zero-order chi connectivity index (χ0) is 18.8. The first-order chi connectivity index (χ1) is 13.1. The van der Waals surface area contributed by atoms with E-state index in [2.05, 4.69) is 16.0 Å². The van der Waals surface area contributed by atoms with Gasteiger partial charge in [-0.1, -0.05) is 30.3 Å². The Morgan fingerprint density at radius 1 is 1.17 bits per heavy atom. The molecular weight excluding hydrogens is 430 g/mol. The minimum Gasteiger partial charge on any atom is -0.297 e. The van der Waals surface area contributed by atoms with Crippen LogP contribution in [0.25, 0.3) is 6.08 Å². The first-order valence-corrected chi connectivity index (χ1v) is 9.96. The van der Waals surface area contributed by atoms with Crippen molar-refractivity contribution in [2.75, 3.05) is 13.1 Å². The predicted octanol–water partition coefficient (Wildman–Crippen LogP) is 5.17. The third-order valence-electron chi connectivity index (χ3n) is 5.35. The molecule has 2 aliphatic rings. The molecule has 0 amide bonds. The minimum atomic E-state index is -0.517. The third kappa shape index (κ3) is 5.60. The zero-order valence-electron chi connectivity index (χ0n) is 15.9. The van der Waals surface area contributed by atoms with Crippen LogP contribution >= 0.6 is 37.4 Å². The summed E-state index contributed by atoms with van der Waals surface area (Å²) in [6.45, 7) is 1.34. The fourth-order valence-electron chi connectivity index (χ4n) is 3.75. The van der Waals surface area contributed by atoms with Crippen LogP contribution < -0.4 is 0 Å². The Labute approximate surface area is 189 Å². The van der Waals surface area contributed by atoms with Crippen LogP contribution in [-0.2, 0) is 4.79 Å². The van der Waals surface area contributed by atoms with Crippen LogP contribution in [0, 0.1) is 11.7 Å². The molecule has 1 aromatic heterocycles. The smallest absolute Gasteiger partial charge is 0.157 e. The molecule has 1 aliphatic carbocycles. The Balaban J connectivity index is 0.00000150. The highest BCUT2D eigenvalue weighted by Crippen LogP contribution is 2.39. The van der Waals surface area contributed by atoms with Crippen molar-refractivity contribution in [1.82, 2.24) is 9.88 Å². The number of likely N-dealkylation sites (tertiary alicyclic amines) is 1. The van der Waals surface area contributed by atoms with Gasteiger partial charge in [0.25, 0.3) is 0 Å². The number of carbonyl (C=O) groups excluding carboxylic acids is 1. The molecule has 0 bridgehead atoms. The van der Waals surface area contributed by atoms with Crippen molar-refractivity contribution >= 4 is 49.3 Å². The van der Waals surface area contributed by atoms with Crippen LogP contribution in [0.1, 0.15) is 36.4 Å². The molecule has 0 spiro atoms. The molecule has 7 heteroatoms. The van der Waals surface area contributed by atoms with E-state index in [9.17, 15) is 9.18 Å². The minimum absolute atomic E-state index is 0. The van der Waals surface area contributed by atoms with Gasteiger partial charge in [-0.25, -0.2) is 4.39 Å². The maximum absolute atomic E-state index is 14.5. The van der Waals surface area contributed by atoms with E-state index in [0.29, 0.717) is 12.1 Å². The molecule has 2 aromatic rings. The number of pyridine rings is 1. The van der Waals surface area contributed by atoms with E-state index in [1.807, 2.05) is 24.4 Å². The highest BCUT2D eigenvalue weighted by Gasteiger charge is 2.40. The molecule has 1 saturated carbocycles. The number of carbonyl (C=O) groups is 1. The van der Waals surface area contributed by atoms with Crippen LogP contribution in [0.5, 0.6) is 0 Å². The van der Waals surface area contributed by atoms with E-state index < -0.39 is 6.04 Å². The number of nitrogens with zero attached hydrogens (tertiary/aromatic N) is 2.